The fourth-order valence-corrected chi connectivity index (χ4v) is 2.11. The average Bonchev–Trinajstić information content (AvgIpc) is 3.19. The monoisotopic (exact) mass is 333 g/mol. The summed E-state index contributed by atoms with van der Waals surface area (Å²) in [5.41, 5.74) is 1.47. The van der Waals surface area contributed by atoms with Crippen LogP contribution in [0.3, 0.4) is 0 Å². The van der Waals surface area contributed by atoms with Gasteiger partial charge in [0.2, 0.25) is 0 Å². The van der Waals surface area contributed by atoms with E-state index in [-0.39, 0.29) is 17.1 Å². The highest BCUT2D eigenvalue weighted by molar-refractivity contribution is 6.04. The van der Waals surface area contributed by atoms with E-state index in [4.69, 9.17) is 4.42 Å². The van der Waals surface area contributed by atoms with Crippen molar-refractivity contribution >= 4 is 11.6 Å². The van der Waals surface area contributed by atoms with Gasteiger partial charge in [0.1, 0.15) is 11.4 Å². The maximum Gasteiger partial charge on any atom is 0.387 e. The summed E-state index contributed by atoms with van der Waals surface area (Å²) in [4.78, 5) is 12.3. The van der Waals surface area contributed by atoms with E-state index in [1.165, 1.54) is 24.5 Å². The van der Waals surface area contributed by atoms with Crippen molar-refractivity contribution < 1.29 is 22.7 Å². The molecule has 0 spiro atoms. The lowest BCUT2D eigenvalue weighted by Crippen LogP contribution is -2.14. The van der Waals surface area contributed by atoms with Gasteiger partial charge in [0, 0.05) is 6.07 Å². The van der Waals surface area contributed by atoms with Crippen molar-refractivity contribution in [3.63, 3.8) is 0 Å². The predicted octanol–water partition coefficient (Wildman–Crippen LogP) is 3.83. The van der Waals surface area contributed by atoms with Crippen molar-refractivity contribution in [2.75, 3.05) is 5.32 Å². The zero-order valence-corrected chi connectivity index (χ0v) is 12.5. The fraction of sp³-hybridized carbons (Fsp3) is 0.125. The first kappa shape index (κ1) is 15.7. The number of hydrogen-bond donors (Lipinski definition) is 2. The standard InChI is InChI=1S/C16H13F2N3O3/c1-9-4-5-10(14(7-9)24-16(17)18)19-15(22)12-8-11(20-21-12)13-3-2-6-23-13/h2-8,16H,1H3,(H,19,22)(H,20,21). The number of anilines is 1. The van der Waals surface area contributed by atoms with Gasteiger partial charge in [0.15, 0.2) is 11.5 Å². The van der Waals surface area contributed by atoms with Crippen LogP contribution >= 0.6 is 0 Å². The van der Waals surface area contributed by atoms with Crippen LogP contribution in [0.25, 0.3) is 11.5 Å². The molecule has 2 heterocycles. The number of aryl methyl sites for hydroxylation is 1. The van der Waals surface area contributed by atoms with E-state index in [1.807, 2.05) is 0 Å². The summed E-state index contributed by atoms with van der Waals surface area (Å²) >= 11 is 0. The molecule has 0 bridgehead atoms. The van der Waals surface area contributed by atoms with Crippen LogP contribution in [0.1, 0.15) is 16.1 Å². The first-order valence-corrected chi connectivity index (χ1v) is 6.99. The van der Waals surface area contributed by atoms with E-state index in [2.05, 4.69) is 20.3 Å². The topological polar surface area (TPSA) is 80.2 Å². The van der Waals surface area contributed by atoms with Crippen LogP contribution in [-0.4, -0.2) is 22.7 Å². The van der Waals surface area contributed by atoms with Crippen LogP contribution in [0.15, 0.2) is 47.1 Å². The smallest absolute Gasteiger partial charge is 0.387 e. The van der Waals surface area contributed by atoms with Crippen molar-refractivity contribution in [3.8, 4) is 17.2 Å². The second kappa shape index (κ2) is 6.53. The summed E-state index contributed by atoms with van der Waals surface area (Å²) in [5.74, 6) is -0.147. The molecule has 0 unspecified atom stereocenters. The highest BCUT2D eigenvalue weighted by Gasteiger charge is 2.16. The van der Waals surface area contributed by atoms with E-state index in [9.17, 15) is 13.6 Å². The first-order chi connectivity index (χ1) is 11.5. The zero-order chi connectivity index (χ0) is 17.1. The van der Waals surface area contributed by atoms with Crippen LogP contribution in [0.2, 0.25) is 0 Å². The molecular weight excluding hydrogens is 320 g/mol. The maximum absolute atomic E-state index is 12.5. The summed E-state index contributed by atoms with van der Waals surface area (Å²) in [6, 6.07) is 9.49. The molecule has 124 valence electrons. The van der Waals surface area contributed by atoms with Crippen LogP contribution < -0.4 is 10.1 Å². The number of carbonyl (C=O) groups is 1. The summed E-state index contributed by atoms with van der Waals surface area (Å²) in [6.07, 6.45) is 1.50. The lowest BCUT2D eigenvalue weighted by Gasteiger charge is -2.12. The Hall–Kier alpha value is -3.16. The lowest BCUT2D eigenvalue weighted by atomic mass is 10.2. The van der Waals surface area contributed by atoms with Gasteiger partial charge in [0.05, 0.1) is 12.0 Å². The second-order valence-electron chi connectivity index (χ2n) is 4.98. The number of rotatable bonds is 5. The fourth-order valence-electron chi connectivity index (χ4n) is 2.11. The second-order valence-corrected chi connectivity index (χ2v) is 4.98. The minimum Gasteiger partial charge on any atom is -0.463 e. The zero-order valence-electron chi connectivity index (χ0n) is 12.5. The molecule has 0 aliphatic rings. The quantitative estimate of drug-likeness (QED) is 0.743. The summed E-state index contributed by atoms with van der Waals surface area (Å²) in [6.45, 7) is -1.26. The number of aromatic amines is 1. The number of H-pyrrole nitrogens is 1. The molecule has 0 saturated carbocycles. The third kappa shape index (κ3) is 3.43. The Labute approximate surface area is 135 Å². The largest absolute Gasteiger partial charge is 0.463 e. The number of amides is 1. The molecule has 3 aromatic rings. The number of alkyl halides is 2. The molecule has 6 nitrogen and oxygen atoms in total. The highest BCUT2D eigenvalue weighted by atomic mass is 19.3. The third-order valence-corrected chi connectivity index (χ3v) is 3.20. The number of halogens is 2. The van der Waals surface area contributed by atoms with Gasteiger partial charge in [-0.05, 0) is 36.8 Å². The molecule has 0 aliphatic heterocycles. The molecule has 2 aromatic heterocycles. The number of carbonyl (C=O) groups excluding carboxylic acids is 1. The Bertz CT molecular complexity index is 844. The number of hydrogen-bond acceptors (Lipinski definition) is 4. The van der Waals surface area contributed by atoms with Gasteiger partial charge in [-0.25, -0.2) is 0 Å². The molecule has 8 heteroatoms. The molecule has 3 rings (SSSR count). The Morgan fingerprint density at radius 2 is 2.17 bits per heavy atom. The maximum atomic E-state index is 12.5. The van der Waals surface area contributed by atoms with Crippen molar-refractivity contribution in [1.29, 1.82) is 0 Å². The minimum absolute atomic E-state index is 0.0879. The lowest BCUT2D eigenvalue weighted by molar-refractivity contribution is -0.0494. The molecule has 0 radical (unpaired) electrons. The average molecular weight is 333 g/mol. The number of ether oxygens (including phenoxy) is 1. The number of aromatic nitrogens is 2. The number of benzene rings is 1. The number of furan rings is 1. The molecule has 0 saturated heterocycles. The van der Waals surface area contributed by atoms with Gasteiger partial charge >= 0.3 is 6.61 Å². The predicted molar refractivity (Wildman–Crippen MR) is 82.1 cm³/mol. The Morgan fingerprint density at radius 1 is 1.33 bits per heavy atom. The van der Waals surface area contributed by atoms with Crippen LogP contribution in [0.5, 0.6) is 5.75 Å². The van der Waals surface area contributed by atoms with Gasteiger partial charge in [0.25, 0.3) is 5.91 Å². The van der Waals surface area contributed by atoms with Gasteiger partial charge in [-0.2, -0.15) is 13.9 Å². The van der Waals surface area contributed by atoms with Crippen molar-refractivity contribution in [2.45, 2.75) is 13.5 Å². The Kier molecular flexibility index (Phi) is 4.28. The van der Waals surface area contributed by atoms with E-state index in [0.29, 0.717) is 11.5 Å². The summed E-state index contributed by atoms with van der Waals surface area (Å²) < 4.78 is 34.6. The number of nitrogens with one attached hydrogen (secondary N) is 2. The molecule has 1 aromatic carbocycles. The van der Waals surface area contributed by atoms with E-state index in [1.54, 1.807) is 25.1 Å². The Balaban J connectivity index is 1.80. The molecule has 0 atom stereocenters. The summed E-state index contributed by atoms with van der Waals surface area (Å²) in [7, 11) is 0. The molecule has 0 fully saturated rings. The Morgan fingerprint density at radius 3 is 2.88 bits per heavy atom. The number of nitrogens with zero attached hydrogens (tertiary/aromatic N) is 1. The van der Waals surface area contributed by atoms with Crippen LogP contribution in [0.4, 0.5) is 14.5 Å². The van der Waals surface area contributed by atoms with Gasteiger partial charge in [-0.3, -0.25) is 9.89 Å². The van der Waals surface area contributed by atoms with Crippen molar-refractivity contribution in [2.24, 2.45) is 0 Å². The van der Waals surface area contributed by atoms with Crippen LogP contribution in [-0.2, 0) is 0 Å². The molecule has 24 heavy (non-hydrogen) atoms. The first-order valence-electron chi connectivity index (χ1n) is 6.99. The third-order valence-electron chi connectivity index (χ3n) is 3.20. The van der Waals surface area contributed by atoms with E-state index >= 15 is 0 Å². The minimum atomic E-state index is -2.99. The van der Waals surface area contributed by atoms with Crippen LogP contribution in [0, 0.1) is 6.92 Å². The SMILES string of the molecule is Cc1ccc(NC(=O)c2cc(-c3ccco3)[nH]n2)c(OC(F)F)c1. The molecule has 1 amide bonds. The normalized spacial score (nSPS) is 10.8. The van der Waals surface area contributed by atoms with E-state index in [0.717, 1.165) is 5.56 Å². The summed E-state index contributed by atoms with van der Waals surface area (Å²) in [5, 5.41) is 9.07. The van der Waals surface area contributed by atoms with Gasteiger partial charge < -0.3 is 14.5 Å². The van der Waals surface area contributed by atoms with E-state index < -0.39 is 12.5 Å². The molecule has 2 N–H and O–H groups in total. The molecular formula is C16H13F2N3O3. The highest BCUT2D eigenvalue weighted by Crippen LogP contribution is 2.28. The van der Waals surface area contributed by atoms with Gasteiger partial charge in [-0.15, -0.1) is 0 Å². The van der Waals surface area contributed by atoms with Gasteiger partial charge in [-0.1, -0.05) is 6.07 Å². The van der Waals surface area contributed by atoms with Crippen molar-refractivity contribution in [3.05, 3.63) is 53.9 Å². The molecule has 0 aliphatic carbocycles. The van der Waals surface area contributed by atoms with Crippen molar-refractivity contribution in [1.82, 2.24) is 10.2 Å².